The Morgan fingerprint density at radius 3 is 2.26 bits per heavy atom. The third-order valence-electron chi connectivity index (χ3n) is 4.99. The molecule has 0 fully saturated rings. The van der Waals surface area contributed by atoms with Crippen molar-refractivity contribution in [2.75, 3.05) is 6.61 Å². The van der Waals surface area contributed by atoms with E-state index in [1.807, 2.05) is 0 Å². The zero-order valence-corrected chi connectivity index (χ0v) is 18.5. The van der Waals surface area contributed by atoms with Gasteiger partial charge in [0.2, 0.25) is 5.88 Å². The molecule has 0 spiro atoms. The van der Waals surface area contributed by atoms with Crippen LogP contribution < -0.4 is 11.2 Å². The zero-order chi connectivity index (χ0) is 22.8. The van der Waals surface area contributed by atoms with E-state index in [1.165, 1.54) is 19.1 Å². The normalized spacial score (nSPS) is 11.2. The number of hydrogen-bond acceptors (Lipinski definition) is 6. The first-order chi connectivity index (χ1) is 14.9. The van der Waals surface area contributed by atoms with Crippen molar-refractivity contribution in [3.05, 3.63) is 56.2 Å². The molecule has 0 atom stereocenters. The van der Waals surface area contributed by atoms with E-state index < -0.39 is 17.1 Å². The lowest BCUT2D eigenvalue weighted by Gasteiger charge is -2.11. The number of hydrogen-bond donors (Lipinski definition) is 1. The molecule has 0 saturated carbocycles. The number of benzene rings is 1. The van der Waals surface area contributed by atoms with E-state index in [1.54, 1.807) is 38.1 Å². The fourth-order valence-corrected chi connectivity index (χ4v) is 3.16. The molecular weight excluding hydrogens is 398 g/mol. The van der Waals surface area contributed by atoms with Crippen LogP contribution in [0.3, 0.4) is 0 Å². The van der Waals surface area contributed by atoms with Gasteiger partial charge < -0.3 is 9.84 Å². The van der Waals surface area contributed by atoms with Crippen molar-refractivity contribution in [2.45, 2.75) is 66.0 Å². The van der Waals surface area contributed by atoms with E-state index >= 15 is 0 Å². The number of carbonyl (C=O) groups excluding carboxylic acids is 1. The summed E-state index contributed by atoms with van der Waals surface area (Å²) < 4.78 is 7.45. The Balaban J connectivity index is 2.09. The third kappa shape index (κ3) is 6.16. The number of unbranched alkanes of at least 4 members (excludes halogenated alkanes) is 4. The summed E-state index contributed by atoms with van der Waals surface area (Å²) in [5, 5.41) is 10.3. The van der Waals surface area contributed by atoms with E-state index in [-0.39, 0.29) is 24.6 Å². The van der Waals surface area contributed by atoms with Gasteiger partial charge in [0.15, 0.2) is 0 Å². The fraction of sp³-hybridized carbons (Fsp3) is 0.478. The number of esters is 1. The monoisotopic (exact) mass is 429 g/mol. The van der Waals surface area contributed by atoms with E-state index in [9.17, 15) is 19.5 Å². The molecule has 2 aromatic rings. The maximum atomic E-state index is 12.5. The van der Waals surface area contributed by atoms with Gasteiger partial charge in [-0.15, -0.1) is 0 Å². The first kappa shape index (κ1) is 24.1. The van der Waals surface area contributed by atoms with Crippen LogP contribution in [0.5, 0.6) is 5.88 Å². The molecule has 0 radical (unpaired) electrons. The minimum Gasteiger partial charge on any atom is -0.494 e. The van der Waals surface area contributed by atoms with Crippen molar-refractivity contribution in [3.63, 3.8) is 0 Å². The Morgan fingerprint density at radius 1 is 1.00 bits per heavy atom. The molecule has 31 heavy (non-hydrogen) atoms. The molecule has 1 aromatic carbocycles. The van der Waals surface area contributed by atoms with Gasteiger partial charge in [-0.25, -0.2) is 9.59 Å². The fourth-order valence-electron chi connectivity index (χ4n) is 3.16. The Morgan fingerprint density at radius 2 is 1.65 bits per heavy atom. The minimum atomic E-state index is -0.599. The van der Waals surface area contributed by atoms with Crippen molar-refractivity contribution in [1.29, 1.82) is 0 Å². The van der Waals surface area contributed by atoms with Crippen LogP contribution in [-0.2, 0) is 17.8 Å². The van der Waals surface area contributed by atoms with Crippen molar-refractivity contribution in [2.24, 2.45) is 4.99 Å². The van der Waals surface area contributed by atoms with E-state index in [0.29, 0.717) is 17.9 Å². The molecule has 0 amide bonds. The van der Waals surface area contributed by atoms with Crippen LogP contribution in [0.4, 0.5) is 5.69 Å². The summed E-state index contributed by atoms with van der Waals surface area (Å²) in [4.78, 5) is 41.0. The van der Waals surface area contributed by atoms with Crippen LogP contribution in [0.25, 0.3) is 0 Å². The highest BCUT2D eigenvalue weighted by atomic mass is 16.5. The van der Waals surface area contributed by atoms with Crippen LogP contribution in [0.1, 0.15) is 68.8 Å². The van der Waals surface area contributed by atoms with Gasteiger partial charge in [0.05, 0.1) is 17.9 Å². The summed E-state index contributed by atoms with van der Waals surface area (Å²) in [6.07, 6.45) is 6.65. The van der Waals surface area contributed by atoms with Crippen LogP contribution in [0.2, 0.25) is 0 Å². The molecule has 0 unspecified atom stereocenters. The van der Waals surface area contributed by atoms with Gasteiger partial charge in [0.1, 0.15) is 5.56 Å². The maximum absolute atomic E-state index is 12.5. The summed E-state index contributed by atoms with van der Waals surface area (Å²) in [5.41, 5.74) is -0.305. The molecule has 168 valence electrons. The summed E-state index contributed by atoms with van der Waals surface area (Å²) in [6.45, 7) is 6.36. The van der Waals surface area contributed by atoms with Gasteiger partial charge in [0, 0.05) is 19.3 Å². The SMILES string of the molecule is CCCCCCCOC(=O)c1ccc(N=Cc2c(O)n(CC)c(=O)n(CC)c2=O)cc1. The highest BCUT2D eigenvalue weighted by molar-refractivity contribution is 5.90. The molecule has 2 rings (SSSR count). The summed E-state index contributed by atoms with van der Waals surface area (Å²) in [6, 6.07) is 6.45. The lowest BCUT2D eigenvalue weighted by Crippen LogP contribution is -2.41. The topological polar surface area (TPSA) is 103 Å². The smallest absolute Gasteiger partial charge is 0.338 e. The Bertz CT molecular complexity index is 1020. The van der Waals surface area contributed by atoms with Gasteiger partial charge >= 0.3 is 11.7 Å². The van der Waals surface area contributed by atoms with Gasteiger partial charge in [-0.3, -0.25) is 18.9 Å². The van der Waals surface area contributed by atoms with Crippen molar-refractivity contribution >= 4 is 17.9 Å². The Hall–Kier alpha value is -3.16. The lowest BCUT2D eigenvalue weighted by molar-refractivity contribution is 0.0497. The minimum absolute atomic E-state index is 0.0603. The second-order valence-electron chi connectivity index (χ2n) is 7.17. The van der Waals surface area contributed by atoms with Gasteiger partial charge in [0.25, 0.3) is 5.56 Å². The second-order valence-corrected chi connectivity index (χ2v) is 7.17. The molecule has 0 aliphatic rings. The molecule has 0 bridgehead atoms. The van der Waals surface area contributed by atoms with Gasteiger partial charge in [-0.1, -0.05) is 32.6 Å². The highest BCUT2D eigenvalue weighted by Gasteiger charge is 2.15. The predicted molar refractivity (Wildman–Crippen MR) is 121 cm³/mol. The maximum Gasteiger partial charge on any atom is 0.338 e. The molecule has 1 N–H and O–H groups in total. The van der Waals surface area contributed by atoms with Gasteiger partial charge in [-0.05, 0) is 44.5 Å². The molecule has 0 aliphatic carbocycles. The van der Waals surface area contributed by atoms with Crippen LogP contribution in [0, 0.1) is 0 Å². The van der Waals surface area contributed by atoms with Crippen LogP contribution in [-0.4, -0.2) is 33.0 Å². The molecule has 8 nitrogen and oxygen atoms in total. The van der Waals surface area contributed by atoms with Crippen LogP contribution >= 0.6 is 0 Å². The summed E-state index contributed by atoms with van der Waals surface area (Å²) >= 11 is 0. The number of aromatic nitrogens is 2. The van der Waals surface area contributed by atoms with E-state index in [4.69, 9.17) is 4.74 Å². The van der Waals surface area contributed by atoms with E-state index in [0.717, 1.165) is 28.4 Å². The molecule has 0 aliphatic heterocycles. The summed E-state index contributed by atoms with van der Waals surface area (Å²) in [5.74, 6) is -0.797. The first-order valence-corrected chi connectivity index (χ1v) is 10.8. The molecule has 1 heterocycles. The Kier molecular flexibility index (Phi) is 9.24. The molecular formula is C23H31N3O5. The standard InChI is InChI=1S/C23H31N3O5/c1-4-7-8-9-10-15-31-22(29)17-11-13-18(14-12-17)24-16-19-20(27)25(5-2)23(30)26(6-3)21(19)28/h11-14,16,27H,4-10,15H2,1-3H3. The number of aromatic hydroxyl groups is 1. The lowest BCUT2D eigenvalue weighted by atomic mass is 10.2. The highest BCUT2D eigenvalue weighted by Crippen LogP contribution is 2.16. The number of aliphatic imine (C=N–C) groups is 1. The average Bonchev–Trinajstić information content (AvgIpc) is 2.77. The molecule has 8 heteroatoms. The third-order valence-corrected chi connectivity index (χ3v) is 4.99. The number of rotatable bonds is 11. The average molecular weight is 430 g/mol. The number of nitrogens with zero attached hydrogens (tertiary/aromatic N) is 3. The number of carbonyl (C=O) groups is 1. The zero-order valence-electron chi connectivity index (χ0n) is 18.5. The van der Waals surface area contributed by atoms with Crippen LogP contribution in [0.15, 0.2) is 38.8 Å². The summed E-state index contributed by atoms with van der Waals surface area (Å²) in [7, 11) is 0. The van der Waals surface area contributed by atoms with Crippen molar-refractivity contribution < 1.29 is 14.6 Å². The largest absolute Gasteiger partial charge is 0.494 e. The predicted octanol–water partition coefficient (Wildman–Crippen LogP) is 3.63. The Labute approximate surface area is 181 Å². The van der Waals surface area contributed by atoms with E-state index in [2.05, 4.69) is 11.9 Å². The molecule has 0 saturated heterocycles. The second kappa shape index (κ2) is 11.9. The quantitative estimate of drug-likeness (QED) is 0.334. The van der Waals surface area contributed by atoms with Crippen molar-refractivity contribution in [3.8, 4) is 5.88 Å². The molecule has 1 aromatic heterocycles. The van der Waals surface area contributed by atoms with Gasteiger partial charge in [-0.2, -0.15) is 0 Å². The van der Waals surface area contributed by atoms with Crippen molar-refractivity contribution in [1.82, 2.24) is 9.13 Å². The first-order valence-electron chi connectivity index (χ1n) is 10.8. The number of ether oxygens (including phenoxy) is 1.